The molecule has 3 aromatic rings. The van der Waals surface area contributed by atoms with E-state index in [0.717, 1.165) is 6.20 Å². The lowest BCUT2D eigenvalue weighted by atomic mass is 9.93. The number of ether oxygens (including phenoxy) is 2. The fourth-order valence-electron chi connectivity index (χ4n) is 4.93. The van der Waals surface area contributed by atoms with Gasteiger partial charge in [0.2, 0.25) is 11.8 Å². The number of aliphatic hydroxyl groups is 1. The first-order valence-corrected chi connectivity index (χ1v) is 13.7. The molecule has 4 rings (SSSR count). The van der Waals surface area contributed by atoms with Crippen LogP contribution in [0.5, 0.6) is 5.88 Å². The largest absolute Gasteiger partial charge is 0.481 e. The number of hydrogen-bond donors (Lipinski definition) is 4. The van der Waals surface area contributed by atoms with E-state index in [9.17, 15) is 41.0 Å². The minimum Gasteiger partial charge on any atom is -0.481 e. The number of pyridine rings is 1. The summed E-state index contributed by atoms with van der Waals surface area (Å²) in [6, 6.07) is 2.86. The topological polar surface area (TPSA) is 159 Å². The van der Waals surface area contributed by atoms with Crippen LogP contribution in [0.25, 0.3) is 0 Å². The van der Waals surface area contributed by atoms with Crippen LogP contribution in [0.4, 0.5) is 53.3 Å². The molecule has 0 unspecified atom stereocenters. The lowest BCUT2D eigenvalue weighted by Gasteiger charge is -2.38. The molecule has 2 atom stereocenters. The van der Waals surface area contributed by atoms with Crippen molar-refractivity contribution >= 4 is 29.5 Å². The molecule has 0 spiro atoms. The molecule has 0 bridgehead atoms. The number of fused-ring (bicyclic) bond motifs is 1. The predicted molar refractivity (Wildman–Crippen MR) is 150 cm³/mol. The number of hydrogen-bond acceptors (Lipinski definition) is 9. The van der Waals surface area contributed by atoms with Gasteiger partial charge in [0, 0.05) is 18.5 Å². The molecule has 0 aliphatic carbocycles. The van der Waals surface area contributed by atoms with Gasteiger partial charge < -0.3 is 25.0 Å². The maximum atomic E-state index is 13.5. The Morgan fingerprint density at radius 3 is 2.30 bits per heavy atom. The van der Waals surface area contributed by atoms with Crippen molar-refractivity contribution in [2.75, 3.05) is 35.9 Å². The molecule has 46 heavy (non-hydrogen) atoms. The molecule has 3 heterocycles. The van der Waals surface area contributed by atoms with Crippen LogP contribution in [0.1, 0.15) is 53.9 Å². The van der Waals surface area contributed by atoms with Gasteiger partial charge in [-0.15, -0.1) is 0 Å². The second-order valence-electron chi connectivity index (χ2n) is 10.0. The molecule has 4 N–H and O–H groups in total. The highest BCUT2D eigenvalue weighted by Crippen LogP contribution is 2.40. The molecular formula is C28H28F6N6O6. The van der Waals surface area contributed by atoms with Gasteiger partial charge in [0.1, 0.15) is 6.61 Å². The molecule has 1 aliphatic heterocycles. The first-order chi connectivity index (χ1) is 21.6. The van der Waals surface area contributed by atoms with Gasteiger partial charge in [-0.2, -0.15) is 26.3 Å². The number of carbonyl (C=O) groups is 2. The molecule has 0 saturated carbocycles. The highest BCUT2D eigenvalue weighted by atomic mass is 19.4. The number of aromatic nitrogens is 3. The van der Waals surface area contributed by atoms with Crippen molar-refractivity contribution in [3.05, 3.63) is 64.6 Å². The SMILES string of the molecule is CC[C@@H]1C[C@H](Nc2ncc(NC(=O)OCCO)c(Cc3cc(C(F)(F)F)cc(C(F)(F)F)c3)n2)c2nc(OC)ccc2N1C(=O)O. The summed E-state index contributed by atoms with van der Waals surface area (Å²) in [6.45, 7) is 0.881. The molecule has 12 nitrogen and oxygen atoms in total. The van der Waals surface area contributed by atoms with E-state index in [4.69, 9.17) is 14.6 Å². The van der Waals surface area contributed by atoms with Crippen LogP contribution < -0.4 is 20.3 Å². The van der Waals surface area contributed by atoms with Crippen molar-refractivity contribution in [2.45, 2.75) is 50.6 Å². The monoisotopic (exact) mass is 658 g/mol. The quantitative estimate of drug-likeness (QED) is 0.205. The van der Waals surface area contributed by atoms with E-state index in [2.05, 4.69) is 25.6 Å². The number of halogens is 6. The van der Waals surface area contributed by atoms with E-state index in [1.807, 2.05) is 0 Å². The number of carbonyl (C=O) groups excluding carboxylic acids is 1. The number of alkyl halides is 6. The van der Waals surface area contributed by atoms with E-state index in [1.54, 1.807) is 6.92 Å². The summed E-state index contributed by atoms with van der Waals surface area (Å²) < 4.78 is 91.1. The third-order valence-corrected chi connectivity index (χ3v) is 6.98. The van der Waals surface area contributed by atoms with Gasteiger partial charge in [0.15, 0.2) is 0 Å². The lowest BCUT2D eigenvalue weighted by molar-refractivity contribution is -0.143. The molecular weight excluding hydrogens is 630 g/mol. The average molecular weight is 659 g/mol. The number of amides is 2. The van der Waals surface area contributed by atoms with Gasteiger partial charge >= 0.3 is 24.5 Å². The third kappa shape index (κ3) is 7.85. The minimum atomic E-state index is -5.09. The number of anilines is 3. The average Bonchev–Trinajstić information content (AvgIpc) is 2.99. The molecule has 18 heteroatoms. The Morgan fingerprint density at radius 2 is 1.74 bits per heavy atom. The van der Waals surface area contributed by atoms with E-state index in [-0.39, 0.29) is 47.1 Å². The summed E-state index contributed by atoms with van der Waals surface area (Å²) in [5.41, 5.74) is -3.33. The fourth-order valence-corrected chi connectivity index (χ4v) is 4.93. The van der Waals surface area contributed by atoms with Crippen LogP contribution in [0.2, 0.25) is 0 Å². The van der Waals surface area contributed by atoms with Crippen LogP contribution in [0, 0.1) is 0 Å². The Labute approximate surface area is 257 Å². The second kappa shape index (κ2) is 13.6. The fraction of sp³-hybridized carbons (Fsp3) is 0.393. The van der Waals surface area contributed by atoms with Crippen LogP contribution in [0.3, 0.4) is 0 Å². The Bertz CT molecular complexity index is 1560. The summed E-state index contributed by atoms with van der Waals surface area (Å²) in [6.07, 6.45) is -11.4. The Morgan fingerprint density at radius 1 is 1.07 bits per heavy atom. The number of rotatable bonds is 9. The van der Waals surface area contributed by atoms with Gasteiger partial charge in [0.25, 0.3) is 0 Å². The number of benzene rings is 1. The normalized spacial score (nSPS) is 16.4. The molecule has 2 amide bonds. The molecule has 1 aromatic carbocycles. The molecule has 0 saturated heterocycles. The summed E-state index contributed by atoms with van der Waals surface area (Å²) in [4.78, 5) is 38.4. The third-order valence-electron chi connectivity index (χ3n) is 6.98. The lowest BCUT2D eigenvalue weighted by Crippen LogP contribution is -2.45. The molecule has 0 fully saturated rings. The van der Waals surface area contributed by atoms with Gasteiger partial charge in [-0.1, -0.05) is 6.92 Å². The van der Waals surface area contributed by atoms with Crippen LogP contribution in [-0.4, -0.2) is 63.7 Å². The molecule has 248 valence electrons. The Hall–Kier alpha value is -4.87. The van der Waals surface area contributed by atoms with Gasteiger partial charge in [0.05, 0.1) is 59.8 Å². The number of carboxylic acid groups (broad SMARTS) is 1. The van der Waals surface area contributed by atoms with Crippen molar-refractivity contribution in [3.63, 3.8) is 0 Å². The summed E-state index contributed by atoms with van der Waals surface area (Å²) in [7, 11) is 1.37. The Balaban J connectivity index is 1.77. The van der Waals surface area contributed by atoms with Gasteiger partial charge in [-0.25, -0.2) is 24.5 Å². The smallest absolute Gasteiger partial charge is 0.416 e. The zero-order valence-electron chi connectivity index (χ0n) is 24.2. The molecule has 2 aromatic heterocycles. The van der Waals surface area contributed by atoms with Crippen LogP contribution >= 0.6 is 0 Å². The minimum absolute atomic E-state index is 0.00572. The molecule has 1 aliphatic rings. The van der Waals surface area contributed by atoms with E-state index >= 15 is 0 Å². The predicted octanol–water partition coefficient (Wildman–Crippen LogP) is 5.87. The van der Waals surface area contributed by atoms with Crippen LogP contribution in [-0.2, 0) is 23.5 Å². The van der Waals surface area contributed by atoms with Gasteiger partial charge in [-0.05, 0) is 42.7 Å². The maximum absolute atomic E-state index is 13.5. The van der Waals surface area contributed by atoms with E-state index in [1.165, 1.54) is 24.1 Å². The summed E-state index contributed by atoms with van der Waals surface area (Å²) in [5.74, 6) is 0.0323. The van der Waals surface area contributed by atoms with Crippen molar-refractivity contribution in [1.29, 1.82) is 0 Å². The first-order valence-electron chi connectivity index (χ1n) is 13.7. The van der Waals surface area contributed by atoms with Crippen molar-refractivity contribution in [3.8, 4) is 5.88 Å². The second-order valence-corrected chi connectivity index (χ2v) is 10.0. The van der Waals surface area contributed by atoms with Crippen molar-refractivity contribution < 1.29 is 55.6 Å². The van der Waals surface area contributed by atoms with E-state index in [0.29, 0.717) is 18.6 Å². The first kappa shape index (κ1) is 34.0. The summed E-state index contributed by atoms with van der Waals surface area (Å²) in [5, 5.41) is 24.1. The maximum Gasteiger partial charge on any atom is 0.416 e. The highest BCUT2D eigenvalue weighted by Gasteiger charge is 2.38. The zero-order chi connectivity index (χ0) is 33.8. The number of methoxy groups -OCH3 is 1. The summed E-state index contributed by atoms with van der Waals surface area (Å²) >= 11 is 0. The van der Waals surface area contributed by atoms with E-state index < -0.39 is 72.9 Å². The Kier molecular flexibility index (Phi) is 10.1. The van der Waals surface area contributed by atoms with Gasteiger partial charge in [-0.3, -0.25) is 10.2 Å². The number of aliphatic hydroxyl groups excluding tert-OH is 1. The number of nitrogens with zero attached hydrogens (tertiary/aromatic N) is 4. The standard InChI is InChI=1S/C28H28F6N6O6/c1-3-17-12-19(23-21(40(17)26(43)44)4-5-22(39-23)45-2)37-24-35-13-20(38-25(42)46-7-6-41)18(36-24)10-14-8-15(27(29,30)31)11-16(9-14)28(32,33)34/h4-5,8-9,11,13,17,19,41H,3,6-7,10,12H2,1-2H3,(H,38,42)(H,43,44)(H,35,36,37)/t17-,19+/m1/s1. The number of nitrogens with one attached hydrogen (secondary N) is 2. The van der Waals surface area contributed by atoms with Crippen molar-refractivity contribution in [1.82, 2.24) is 15.0 Å². The molecule has 0 radical (unpaired) electrons. The van der Waals surface area contributed by atoms with Crippen LogP contribution in [0.15, 0.2) is 36.5 Å². The van der Waals surface area contributed by atoms with Crippen molar-refractivity contribution in [2.24, 2.45) is 0 Å². The zero-order valence-corrected chi connectivity index (χ0v) is 24.2. The highest BCUT2D eigenvalue weighted by molar-refractivity contribution is 5.88.